The van der Waals surface area contributed by atoms with E-state index in [0.717, 1.165) is 12.1 Å². The maximum Gasteiger partial charge on any atom is 0.244 e. The van der Waals surface area contributed by atoms with Crippen molar-refractivity contribution in [3.8, 4) is 5.75 Å². The molecule has 10 heteroatoms. The second-order valence-corrected chi connectivity index (χ2v) is 11.5. The number of hydrogen-bond acceptors (Lipinski definition) is 7. The summed E-state index contributed by atoms with van der Waals surface area (Å²) in [6.45, 7) is 2.09. The summed E-state index contributed by atoms with van der Waals surface area (Å²) in [6.07, 6.45) is 0.910. The molecule has 0 bridgehead atoms. The van der Waals surface area contributed by atoms with Gasteiger partial charge in [-0.15, -0.1) is 0 Å². The Morgan fingerprint density at radius 1 is 1.25 bits per heavy atom. The van der Waals surface area contributed by atoms with Crippen LogP contribution in [0.25, 0.3) is 0 Å². The Morgan fingerprint density at radius 3 is 2.66 bits per heavy atom. The number of halogens is 1. The predicted octanol–water partition coefficient (Wildman–Crippen LogP) is 3.62. The van der Waals surface area contributed by atoms with Gasteiger partial charge in [0.25, 0.3) is 0 Å². The number of nitrogens with zero attached hydrogens (tertiary/aromatic N) is 2. The summed E-state index contributed by atoms with van der Waals surface area (Å²) >= 11 is 7.51. The number of benzene rings is 2. The number of sulfone groups is 1. The SMILES string of the molecule is CCc1ccc(N(CC(=O)Nc2cc(Cl)ccc2OC)C2=N[C@@H]3CS(=O)(=O)C[C@@H]3S2)cc1. The quantitative estimate of drug-likeness (QED) is 0.661. The highest BCUT2D eigenvalue weighted by Crippen LogP contribution is 2.37. The molecule has 2 aliphatic heterocycles. The number of nitrogens with one attached hydrogen (secondary N) is 1. The van der Waals surface area contributed by atoms with E-state index in [2.05, 4.69) is 17.2 Å². The number of methoxy groups -OCH3 is 1. The van der Waals surface area contributed by atoms with Crippen molar-refractivity contribution in [1.82, 2.24) is 0 Å². The van der Waals surface area contributed by atoms with Gasteiger partial charge in [-0.1, -0.05) is 42.4 Å². The molecule has 0 aliphatic carbocycles. The number of thioether (sulfide) groups is 1. The van der Waals surface area contributed by atoms with Crippen molar-refractivity contribution in [2.45, 2.75) is 24.6 Å². The minimum Gasteiger partial charge on any atom is -0.495 e. The Hall–Kier alpha value is -2.23. The van der Waals surface area contributed by atoms with E-state index >= 15 is 0 Å². The maximum absolute atomic E-state index is 13.0. The molecule has 1 amide bonds. The molecule has 170 valence electrons. The third-order valence-electron chi connectivity index (χ3n) is 5.43. The zero-order chi connectivity index (χ0) is 22.9. The Labute approximate surface area is 197 Å². The van der Waals surface area contributed by atoms with E-state index in [9.17, 15) is 13.2 Å². The summed E-state index contributed by atoms with van der Waals surface area (Å²) in [4.78, 5) is 19.5. The van der Waals surface area contributed by atoms with Crippen molar-refractivity contribution in [3.63, 3.8) is 0 Å². The lowest BCUT2D eigenvalue weighted by atomic mass is 10.1. The van der Waals surface area contributed by atoms with Crippen LogP contribution in [0.3, 0.4) is 0 Å². The van der Waals surface area contributed by atoms with E-state index in [4.69, 9.17) is 16.3 Å². The number of aliphatic imine (C=N–C) groups is 1. The van der Waals surface area contributed by atoms with Crippen molar-refractivity contribution in [1.29, 1.82) is 0 Å². The molecule has 0 unspecified atom stereocenters. The number of aryl methyl sites for hydroxylation is 1. The van der Waals surface area contributed by atoms with Gasteiger partial charge in [-0.25, -0.2) is 8.42 Å². The first-order valence-electron chi connectivity index (χ1n) is 10.2. The molecule has 0 radical (unpaired) electrons. The molecular weight excluding hydrogens is 470 g/mol. The number of carbonyl (C=O) groups is 1. The van der Waals surface area contributed by atoms with Crippen LogP contribution in [0.5, 0.6) is 5.75 Å². The summed E-state index contributed by atoms with van der Waals surface area (Å²) in [5.41, 5.74) is 2.49. The van der Waals surface area contributed by atoms with Crippen LogP contribution >= 0.6 is 23.4 Å². The number of ether oxygens (including phenoxy) is 1. The van der Waals surface area contributed by atoms with E-state index in [0.29, 0.717) is 21.6 Å². The third kappa shape index (κ3) is 5.05. The lowest BCUT2D eigenvalue weighted by Crippen LogP contribution is -2.36. The lowest BCUT2D eigenvalue weighted by Gasteiger charge is -2.24. The fourth-order valence-corrected chi connectivity index (χ4v) is 7.72. The number of fused-ring (bicyclic) bond motifs is 1. The lowest BCUT2D eigenvalue weighted by molar-refractivity contribution is -0.114. The second-order valence-electron chi connectivity index (χ2n) is 7.71. The molecule has 4 rings (SSSR count). The molecule has 7 nitrogen and oxygen atoms in total. The first kappa shape index (κ1) is 22.9. The van der Waals surface area contributed by atoms with Gasteiger partial charge in [-0.2, -0.15) is 0 Å². The molecule has 1 fully saturated rings. The van der Waals surface area contributed by atoms with Gasteiger partial charge in [0.1, 0.15) is 12.3 Å². The largest absolute Gasteiger partial charge is 0.495 e. The van der Waals surface area contributed by atoms with Crippen LogP contribution in [-0.2, 0) is 21.1 Å². The topological polar surface area (TPSA) is 88.1 Å². The van der Waals surface area contributed by atoms with E-state index in [1.165, 1.54) is 24.4 Å². The molecule has 2 heterocycles. The smallest absolute Gasteiger partial charge is 0.244 e. The standard InChI is InChI=1S/C22H24ClN3O4S2/c1-3-14-4-7-16(8-5-14)26(22-25-18-12-32(28,29)13-20(18)31-22)11-21(27)24-17-10-15(23)6-9-19(17)30-2/h4-10,18,20H,3,11-13H2,1-2H3,(H,24,27)/t18-,20+/m1/s1. The molecule has 2 aromatic rings. The summed E-state index contributed by atoms with van der Waals surface area (Å²) in [5, 5.41) is 3.90. The fourth-order valence-electron chi connectivity index (χ4n) is 3.76. The second kappa shape index (κ2) is 9.33. The summed E-state index contributed by atoms with van der Waals surface area (Å²) in [7, 11) is -1.53. The van der Waals surface area contributed by atoms with E-state index < -0.39 is 9.84 Å². The van der Waals surface area contributed by atoms with Gasteiger partial charge >= 0.3 is 0 Å². The highest BCUT2D eigenvalue weighted by molar-refractivity contribution is 8.15. The molecule has 0 aromatic heterocycles. The molecule has 0 spiro atoms. The zero-order valence-electron chi connectivity index (χ0n) is 17.7. The maximum atomic E-state index is 13.0. The van der Waals surface area contributed by atoms with Crippen LogP contribution in [0.1, 0.15) is 12.5 Å². The van der Waals surface area contributed by atoms with Crippen LogP contribution < -0.4 is 15.0 Å². The number of anilines is 2. The van der Waals surface area contributed by atoms with Crippen molar-refractivity contribution in [2.24, 2.45) is 4.99 Å². The molecule has 1 N–H and O–H groups in total. The van der Waals surface area contributed by atoms with Gasteiger partial charge in [0.05, 0.1) is 30.3 Å². The van der Waals surface area contributed by atoms with E-state index in [1.807, 2.05) is 29.2 Å². The van der Waals surface area contributed by atoms with Crippen molar-refractivity contribution in [2.75, 3.05) is 35.4 Å². The molecule has 2 aliphatic rings. The van der Waals surface area contributed by atoms with Crippen LogP contribution in [0.15, 0.2) is 47.5 Å². The van der Waals surface area contributed by atoms with E-state index in [1.54, 1.807) is 18.2 Å². The minimum atomic E-state index is -3.06. The number of amidine groups is 1. The Kier molecular flexibility index (Phi) is 6.69. The summed E-state index contributed by atoms with van der Waals surface area (Å²) in [6, 6.07) is 12.7. The molecular formula is C22H24ClN3O4S2. The van der Waals surface area contributed by atoms with Gasteiger partial charge in [0.2, 0.25) is 5.91 Å². The van der Waals surface area contributed by atoms with Crippen molar-refractivity contribution in [3.05, 3.63) is 53.1 Å². The number of hydrogen-bond donors (Lipinski definition) is 1. The highest BCUT2D eigenvalue weighted by Gasteiger charge is 2.44. The van der Waals surface area contributed by atoms with Crippen molar-refractivity contribution < 1.29 is 17.9 Å². The first-order chi connectivity index (χ1) is 15.3. The van der Waals surface area contributed by atoms with E-state index in [-0.39, 0.29) is 35.2 Å². The highest BCUT2D eigenvalue weighted by atomic mass is 35.5. The number of rotatable bonds is 6. The van der Waals surface area contributed by atoms with Crippen molar-refractivity contribution >= 4 is 55.6 Å². The number of carbonyl (C=O) groups excluding carboxylic acids is 1. The average Bonchev–Trinajstić information content (AvgIpc) is 3.25. The predicted molar refractivity (Wildman–Crippen MR) is 131 cm³/mol. The Morgan fingerprint density at radius 2 is 2.00 bits per heavy atom. The summed E-state index contributed by atoms with van der Waals surface area (Å²) < 4.78 is 29.2. The van der Waals surface area contributed by atoms with Gasteiger partial charge in [0.15, 0.2) is 15.0 Å². The molecule has 2 atom stereocenters. The normalized spacial score (nSPS) is 21.0. The molecule has 32 heavy (non-hydrogen) atoms. The van der Waals surface area contributed by atoms with Gasteiger partial charge in [0, 0.05) is 16.0 Å². The molecule has 0 saturated carbocycles. The summed E-state index contributed by atoms with van der Waals surface area (Å²) in [5.74, 6) is 0.416. The average molecular weight is 494 g/mol. The fraction of sp³-hybridized carbons (Fsp3) is 0.364. The Bertz CT molecular complexity index is 1150. The Balaban J connectivity index is 1.58. The monoisotopic (exact) mass is 493 g/mol. The molecule has 1 saturated heterocycles. The van der Waals surface area contributed by atoms with Gasteiger partial charge in [-0.05, 0) is 42.3 Å². The number of amides is 1. The van der Waals surface area contributed by atoms with Gasteiger partial charge < -0.3 is 15.0 Å². The van der Waals surface area contributed by atoms with Crippen LogP contribution in [0, 0.1) is 0 Å². The first-order valence-corrected chi connectivity index (χ1v) is 13.3. The van der Waals surface area contributed by atoms with Gasteiger partial charge in [-0.3, -0.25) is 9.79 Å². The molecule has 2 aromatic carbocycles. The minimum absolute atomic E-state index is 0.0131. The van der Waals surface area contributed by atoms with Crippen LogP contribution in [0.4, 0.5) is 11.4 Å². The van der Waals surface area contributed by atoms with Crippen LogP contribution in [0.2, 0.25) is 5.02 Å². The third-order valence-corrected chi connectivity index (χ3v) is 8.91. The van der Waals surface area contributed by atoms with Crippen LogP contribution in [-0.4, -0.2) is 55.9 Å². The zero-order valence-corrected chi connectivity index (χ0v) is 20.1.